The van der Waals surface area contributed by atoms with Crippen LogP contribution in [0, 0.1) is 5.92 Å². The van der Waals surface area contributed by atoms with Crippen LogP contribution < -0.4 is 10.6 Å². The smallest absolute Gasteiger partial charge is 0.271 e. The highest BCUT2D eigenvalue weighted by Crippen LogP contribution is 2.19. The number of fused-ring (bicyclic) bond motifs is 1. The summed E-state index contributed by atoms with van der Waals surface area (Å²) in [6.45, 7) is 7.30. The number of hydrogen-bond acceptors (Lipinski definition) is 9. The topological polar surface area (TPSA) is 143 Å². The molecule has 1 fully saturated rings. The largest absolute Gasteiger partial charge is 0.410 e. The molecule has 4 rings (SSSR count). The first kappa shape index (κ1) is 28.4. The van der Waals surface area contributed by atoms with Crippen LogP contribution in [0.1, 0.15) is 54.7 Å². The van der Waals surface area contributed by atoms with E-state index in [1.807, 2.05) is 19.9 Å². The summed E-state index contributed by atoms with van der Waals surface area (Å²) in [5.74, 6) is 0.159. The Kier molecular flexibility index (Phi) is 9.83. The molecule has 0 bridgehead atoms. The van der Waals surface area contributed by atoms with Gasteiger partial charge in [0.1, 0.15) is 23.6 Å². The fourth-order valence-electron chi connectivity index (χ4n) is 5.11. The Morgan fingerprint density at radius 1 is 1.13 bits per heavy atom. The molecule has 0 radical (unpaired) electrons. The Morgan fingerprint density at radius 2 is 1.87 bits per heavy atom. The van der Waals surface area contributed by atoms with E-state index in [-0.39, 0.29) is 41.7 Å². The van der Waals surface area contributed by atoms with Gasteiger partial charge in [0.05, 0.1) is 6.10 Å². The number of likely N-dealkylation sites (tertiary alicyclic amines) is 1. The third-order valence-corrected chi connectivity index (χ3v) is 7.18. The molecule has 4 N–H and O–H groups in total. The predicted molar refractivity (Wildman–Crippen MR) is 148 cm³/mol. The van der Waals surface area contributed by atoms with Gasteiger partial charge in [0.25, 0.3) is 11.8 Å². The van der Waals surface area contributed by atoms with Crippen LogP contribution in [0.4, 0.5) is 5.82 Å². The fourth-order valence-corrected chi connectivity index (χ4v) is 5.11. The molecule has 1 atom stereocenters. The zero-order valence-electron chi connectivity index (χ0n) is 22.7. The van der Waals surface area contributed by atoms with E-state index in [9.17, 15) is 19.9 Å². The highest BCUT2D eigenvalue weighted by Gasteiger charge is 2.27. The molecular formula is C28H39N7O4. The van der Waals surface area contributed by atoms with E-state index in [0.717, 1.165) is 19.5 Å². The van der Waals surface area contributed by atoms with Crippen LogP contribution in [-0.2, 0) is 17.8 Å². The normalized spacial score (nSPS) is 17.5. The van der Waals surface area contributed by atoms with Crippen molar-refractivity contribution in [1.82, 2.24) is 25.1 Å². The first-order chi connectivity index (χ1) is 18.8. The molecule has 1 aromatic heterocycles. The van der Waals surface area contributed by atoms with Crippen molar-refractivity contribution < 1.29 is 19.9 Å². The molecule has 210 valence electrons. The summed E-state index contributed by atoms with van der Waals surface area (Å²) in [6.07, 6.45) is 3.44. The summed E-state index contributed by atoms with van der Waals surface area (Å²) in [6, 6.07) is 10.0. The van der Waals surface area contributed by atoms with Gasteiger partial charge in [-0.15, -0.1) is 0 Å². The van der Waals surface area contributed by atoms with Gasteiger partial charge in [-0.05, 0) is 36.3 Å². The number of aliphatic hydroxyl groups is 1. The maximum absolute atomic E-state index is 12.7. The summed E-state index contributed by atoms with van der Waals surface area (Å²) < 4.78 is 0. The van der Waals surface area contributed by atoms with E-state index < -0.39 is 6.10 Å². The van der Waals surface area contributed by atoms with Crippen LogP contribution in [0.15, 0.2) is 41.8 Å². The molecule has 2 aliphatic rings. The van der Waals surface area contributed by atoms with Crippen molar-refractivity contribution >= 4 is 23.3 Å². The number of piperidine rings is 1. The number of carbonyl (C=O) groups excluding carboxylic acids is 2. The Labute approximate surface area is 229 Å². The van der Waals surface area contributed by atoms with Gasteiger partial charge in [0, 0.05) is 57.8 Å². The zero-order chi connectivity index (χ0) is 27.8. The highest BCUT2D eigenvalue weighted by molar-refractivity contribution is 6.38. The lowest BCUT2D eigenvalue weighted by molar-refractivity contribution is -0.125. The first-order valence-electron chi connectivity index (χ1n) is 13.7. The zero-order valence-corrected chi connectivity index (χ0v) is 22.7. The van der Waals surface area contributed by atoms with Crippen molar-refractivity contribution in [2.45, 2.75) is 58.2 Å². The summed E-state index contributed by atoms with van der Waals surface area (Å²) in [5.41, 5.74) is 3.05. The third kappa shape index (κ3) is 7.96. The van der Waals surface area contributed by atoms with Gasteiger partial charge in [0.2, 0.25) is 0 Å². The number of aliphatic hydroxyl groups excluding tert-OH is 1. The van der Waals surface area contributed by atoms with E-state index in [0.29, 0.717) is 44.7 Å². The van der Waals surface area contributed by atoms with E-state index >= 15 is 0 Å². The van der Waals surface area contributed by atoms with Crippen LogP contribution in [0.5, 0.6) is 0 Å². The summed E-state index contributed by atoms with van der Waals surface area (Å²) in [7, 11) is 0. The van der Waals surface area contributed by atoms with E-state index in [2.05, 4.69) is 48.9 Å². The average molecular weight is 538 g/mol. The minimum absolute atomic E-state index is 0.0796. The van der Waals surface area contributed by atoms with Gasteiger partial charge < -0.3 is 25.8 Å². The molecule has 0 saturated carbocycles. The lowest BCUT2D eigenvalue weighted by Crippen LogP contribution is -2.45. The third-order valence-electron chi connectivity index (χ3n) is 7.18. The van der Waals surface area contributed by atoms with Crippen LogP contribution in [0.25, 0.3) is 0 Å². The highest BCUT2D eigenvalue weighted by atomic mass is 16.4. The number of nitrogens with zero attached hydrogens (tertiary/aromatic N) is 5. The number of β-amino-alcohol motifs (C(OH)–C–C–N with tert-alkyl or cyclic N) is 1. The number of oxime groups is 1. The Hall–Kier alpha value is -3.57. The molecule has 0 unspecified atom stereocenters. The van der Waals surface area contributed by atoms with E-state index in [4.69, 9.17) is 0 Å². The van der Waals surface area contributed by atoms with Gasteiger partial charge in [-0.25, -0.2) is 9.97 Å². The lowest BCUT2D eigenvalue weighted by Gasteiger charge is -2.32. The maximum atomic E-state index is 12.7. The van der Waals surface area contributed by atoms with Gasteiger partial charge in [0.15, 0.2) is 0 Å². The second-order valence-corrected chi connectivity index (χ2v) is 10.8. The molecule has 0 aliphatic carbocycles. The molecular weight excluding hydrogens is 498 g/mol. The van der Waals surface area contributed by atoms with Gasteiger partial charge >= 0.3 is 0 Å². The van der Waals surface area contributed by atoms with Crippen LogP contribution in [-0.4, -0.2) is 92.5 Å². The molecule has 3 heterocycles. The Bertz CT molecular complexity index is 1160. The van der Waals surface area contributed by atoms with Gasteiger partial charge in [-0.2, -0.15) is 0 Å². The maximum Gasteiger partial charge on any atom is 0.271 e. The number of nitrogens with one attached hydrogen (secondary N) is 2. The molecule has 2 aromatic rings. The molecule has 2 aliphatic heterocycles. The Balaban J connectivity index is 1.21. The number of rotatable bonds is 10. The van der Waals surface area contributed by atoms with Crippen molar-refractivity contribution in [2.24, 2.45) is 11.1 Å². The molecule has 0 spiro atoms. The fraction of sp³-hybridized carbons (Fsp3) is 0.536. The SMILES string of the molecule is CC(C)CC(=NO)C(=O)N1CCC(Nc2cc(C(=O)NC[C@H](O)CN3CCc4ccccc4C3)ncn2)CC1. The van der Waals surface area contributed by atoms with Gasteiger partial charge in [-0.1, -0.05) is 43.3 Å². The number of amides is 2. The van der Waals surface area contributed by atoms with Gasteiger partial charge in [-0.3, -0.25) is 14.5 Å². The summed E-state index contributed by atoms with van der Waals surface area (Å²) in [4.78, 5) is 37.6. The number of benzene rings is 1. The van der Waals surface area contributed by atoms with Crippen molar-refractivity contribution in [3.05, 3.63) is 53.5 Å². The standard InChI is InChI=1S/C28H39N7O4/c1-19(2)13-25(33-39)28(38)35-11-8-22(9-12-35)32-26-14-24(30-18-31-26)27(37)29-15-23(36)17-34-10-7-20-5-3-4-6-21(20)16-34/h3-6,14,18-19,22-23,36,39H,7-13,15-17H2,1-2H3,(H,29,37)(H,30,31,32)/t23-/m0/s1. The predicted octanol–water partition coefficient (Wildman–Crippen LogP) is 1.90. The summed E-state index contributed by atoms with van der Waals surface area (Å²) >= 11 is 0. The number of hydrogen-bond donors (Lipinski definition) is 4. The molecule has 1 aromatic carbocycles. The molecule has 11 heteroatoms. The molecule has 39 heavy (non-hydrogen) atoms. The average Bonchev–Trinajstić information content (AvgIpc) is 2.94. The van der Waals surface area contributed by atoms with Crippen LogP contribution in [0.3, 0.4) is 0 Å². The van der Waals surface area contributed by atoms with Crippen molar-refractivity contribution in [3.63, 3.8) is 0 Å². The van der Waals surface area contributed by atoms with E-state index in [1.165, 1.54) is 17.5 Å². The second-order valence-electron chi connectivity index (χ2n) is 10.8. The summed E-state index contributed by atoms with van der Waals surface area (Å²) in [5, 5.41) is 29.1. The minimum atomic E-state index is -0.691. The quantitative estimate of drug-likeness (QED) is 0.204. The number of anilines is 1. The van der Waals surface area contributed by atoms with Crippen molar-refractivity contribution in [2.75, 3.05) is 38.0 Å². The number of aromatic nitrogens is 2. The number of carbonyl (C=O) groups is 2. The first-order valence-corrected chi connectivity index (χ1v) is 13.7. The molecule has 11 nitrogen and oxygen atoms in total. The lowest BCUT2D eigenvalue weighted by atomic mass is 10.00. The molecule has 1 saturated heterocycles. The minimum Gasteiger partial charge on any atom is -0.410 e. The van der Waals surface area contributed by atoms with E-state index in [1.54, 1.807) is 11.0 Å². The second kappa shape index (κ2) is 13.5. The monoisotopic (exact) mass is 537 g/mol. The van der Waals surface area contributed by atoms with Crippen LogP contribution in [0.2, 0.25) is 0 Å². The molecule has 2 amide bonds. The Morgan fingerprint density at radius 3 is 2.59 bits per heavy atom. The van der Waals surface area contributed by atoms with Crippen LogP contribution >= 0.6 is 0 Å². The van der Waals surface area contributed by atoms with Crippen molar-refractivity contribution in [3.8, 4) is 0 Å². The van der Waals surface area contributed by atoms with Crippen molar-refractivity contribution in [1.29, 1.82) is 0 Å².